The van der Waals surface area contributed by atoms with Crippen LogP contribution < -0.4 is 5.32 Å². The van der Waals surface area contributed by atoms with Gasteiger partial charge in [-0.15, -0.1) is 0 Å². The molecule has 8 heteroatoms. The molecule has 0 spiro atoms. The summed E-state index contributed by atoms with van der Waals surface area (Å²) in [4.78, 5) is 38.2. The van der Waals surface area contributed by atoms with Crippen LogP contribution in [0.25, 0.3) is 0 Å². The van der Waals surface area contributed by atoms with Crippen LogP contribution in [0.5, 0.6) is 0 Å². The van der Waals surface area contributed by atoms with Crippen LogP contribution in [0.2, 0.25) is 0 Å². The average Bonchev–Trinajstić information content (AvgIpc) is 3.35. The number of aromatic nitrogens is 1. The van der Waals surface area contributed by atoms with E-state index in [1.165, 1.54) is 7.11 Å². The Morgan fingerprint density at radius 3 is 2.68 bits per heavy atom. The van der Waals surface area contributed by atoms with Gasteiger partial charge in [-0.05, 0) is 37.5 Å². The maximum atomic E-state index is 12.6. The van der Waals surface area contributed by atoms with Gasteiger partial charge in [-0.25, -0.2) is 4.79 Å². The standard InChI is InChI=1S/C20H23N3O5/c1-13-10-16(28-22-13)11-18(24)23-9-3-4-17(23)19(25)21-12-14-5-7-15(8-6-14)20(26)27-2/h5-8,10,17H,3-4,9,11-12H2,1-2H3,(H,21,25). The summed E-state index contributed by atoms with van der Waals surface area (Å²) in [6, 6.07) is 8.06. The molecule has 2 heterocycles. The van der Waals surface area contributed by atoms with E-state index in [4.69, 9.17) is 4.52 Å². The number of benzene rings is 1. The largest absolute Gasteiger partial charge is 0.465 e. The number of carbonyl (C=O) groups excluding carboxylic acids is 3. The van der Waals surface area contributed by atoms with Gasteiger partial charge >= 0.3 is 5.97 Å². The number of nitrogens with zero attached hydrogens (tertiary/aromatic N) is 2. The number of methoxy groups -OCH3 is 1. The first-order valence-corrected chi connectivity index (χ1v) is 9.14. The molecule has 3 rings (SSSR count). The van der Waals surface area contributed by atoms with Gasteiger partial charge in [0.25, 0.3) is 0 Å². The van der Waals surface area contributed by atoms with Gasteiger partial charge in [0.1, 0.15) is 11.8 Å². The zero-order valence-corrected chi connectivity index (χ0v) is 15.9. The van der Waals surface area contributed by atoms with E-state index in [9.17, 15) is 14.4 Å². The van der Waals surface area contributed by atoms with Crippen molar-refractivity contribution in [3.05, 3.63) is 52.9 Å². The summed E-state index contributed by atoms with van der Waals surface area (Å²) in [5.74, 6) is -0.232. The van der Waals surface area contributed by atoms with Gasteiger partial charge in [-0.1, -0.05) is 17.3 Å². The highest BCUT2D eigenvalue weighted by Gasteiger charge is 2.34. The highest BCUT2D eigenvalue weighted by molar-refractivity contribution is 5.90. The lowest BCUT2D eigenvalue weighted by molar-refractivity contribution is -0.138. The normalized spacial score (nSPS) is 16.1. The van der Waals surface area contributed by atoms with Gasteiger partial charge in [0.05, 0.1) is 24.8 Å². The summed E-state index contributed by atoms with van der Waals surface area (Å²) in [7, 11) is 1.33. The van der Waals surface area contributed by atoms with Crippen LogP contribution in [0.3, 0.4) is 0 Å². The van der Waals surface area contributed by atoms with Crippen molar-refractivity contribution in [1.29, 1.82) is 0 Å². The molecule has 1 fully saturated rings. The van der Waals surface area contributed by atoms with Gasteiger partial charge in [0.2, 0.25) is 11.8 Å². The molecule has 0 aliphatic carbocycles. The monoisotopic (exact) mass is 385 g/mol. The fourth-order valence-electron chi connectivity index (χ4n) is 3.27. The molecule has 0 saturated carbocycles. The zero-order valence-electron chi connectivity index (χ0n) is 15.9. The molecule has 28 heavy (non-hydrogen) atoms. The summed E-state index contributed by atoms with van der Waals surface area (Å²) >= 11 is 0. The van der Waals surface area contributed by atoms with Crippen LogP contribution in [-0.2, 0) is 27.3 Å². The van der Waals surface area contributed by atoms with Crippen molar-refractivity contribution in [3.8, 4) is 0 Å². The lowest BCUT2D eigenvalue weighted by atomic mass is 10.1. The fourth-order valence-corrected chi connectivity index (χ4v) is 3.27. The van der Waals surface area contributed by atoms with E-state index >= 15 is 0 Å². The van der Waals surface area contributed by atoms with Crippen molar-refractivity contribution < 1.29 is 23.6 Å². The minimum atomic E-state index is -0.481. The fraction of sp³-hybridized carbons (Fsp3) is 0.400. The third-order valence-electron chi connectivity index (χ3n) is 4.72. The number of carbonyl (C=O) groups is 3. The van der Waals surface area contributed by atoms with Crippen molar-refractivity contribution in [2.45, 2.75) is 38.8 Å². The number of rotatable bonds is 6. The molecule has 2 aromatic rings. The summed E-state index contributed by atoms with van der Waals surface area (Å²) in [5, 5.41) is 6.65. The molecule has 1 aliphatic heterocycles. The molecule has 1 atom stereocenters. The van der Waals surface area contributed by atoms with Crippen molar-refractivity contribution >= 4 is 17.8 Å². The lowest BCUT2D eigenvalue weighted by Crippen LogP contribution is -2.46. The molecule has 1 aliphatic rings. The number of hydrogen-bond donors (Lipinski definition) is 1. The summed E-state index contributed by atoms with van der Waals surface area (Å²) in [5.41, 5.74) is 2.03. The van der Waals surface area contributed by atoms with Gasteiger partial charge in [0.15, 0.2) is 0 Å². The molecular weight excluding hydrogens is 362 g/mol. The topological polar surface area (TPSA) is 102 Å². The molecule has 1 aromatic heterocycles. The molecule has 2 amide bonds. The number of aryl methyl sites for hydroxylation is 1. The van der Waals surface area contributed by atoms with E-state index < -0.39 is 12.0 Å². The van der Waals surface area contributed by atoms with Crippen LogP contribution in [0.4, 0.5) is 0 Å². The predicted octanol–water partition coefficient (Wildman–Crippen LogP) is 1.62. The molecule has 0 radical (unpaired) electrons. The van der Waals surface area contributed by atoms with Gasteiger partial charge in [-0.3, -0.25) is 9.59 Å². The Bertz CT molecular complexity index is 859. The first-order chi connectivity index (χ1) is 13.5. The predicted molar refractivity (Wildman–Crippen MR) is 99.3 cm³/mol. The van der Waals surface area contributed by atoms with Gasteiger partial charge in [-0.2, -0.15) is 0 Å². The van der Waals surface area contributed by atoms with Crippen LogP contribution >= 0.6 is 0 Å². The second-order valence-electron chi connectivity index (χ2n) is 6.76. The Labute approximate surface area is 162 Å². The number of ether oxygens (including phenoxy) is 1. The number of hydrogen-bond acceptors (Lipinski definition) is 6. The number of amides is 2. The molecule has 8 nitrogen and oxygen atoms in total. The number of esters is 1. The highest BCUT2D eigenvalue weighted by atomic mass is 16.5. The Hall–Kier alpha value is -3.16. The zero-order chi connectivity index (χ0) is 20.1. The van der Waals surface area contributed by atoms with Crippen LogP contribution in [0.15, 0.2) is 34.9 Å². The highest BCUT2D eigenvalue weighted by Crippen LogP contribution is 2.19. The van der Waals surface area contributed by atoms with Gasteiger partial charge < -0.3 is 19.5 Å². The minimum Gasteiger partial charge on any atom is -0.465 e. The second-order valence-corrected chi connectivity index (χ2v) is 6.76. The third kappa shape index (κ3) is 4.57. The van der Waals surface area contributed by atoms with Crippen LogP contribution in [0.1, 0.15) is 40.2 Å². The quantitative estimate of drug-likeness (QED) is 0.758. The molecule has 1 unspecified atom stereocenters. The maximum absolute atomic E-state index is 12.6. The SMILES string of the molecule is COC(=O)c1ccc(CNC(=O)C2CCCN2C(=O)Cc2cc(C)no2)cc1. The Morgan fingerprint density at radius 2 is 2.04 bits per heavy atom. The Morgan fingerprint density at radius 1 is 1.29 bits per heavy atom. The molecule has 1 aromatic carbocycles. The van der Waals surface area contributed by atoms with Crippen molar-refractivity contribution in [2.24, 2.45) is 0 Å². The summed E-state index contributed by atoms with van der Waals surface area (Å²) < 4.78 is 9.76. The first-order valence-electron chi connectivity index (χ1n) is 9.14. The smallest absolute Gasteiger partial charge is 0.337 e. The van der Waals surface area contributed by atoms with Crippen LogP contribution in [-0.4, -0.2) is 47.5 Å². The number of nitrogens with one attached hydrogen (secondary N) is 1. The molecule has 1 saturated heterocycles. The first kappa shape index (κ1) is 19.6. The number of likely N-dealkylation sites (tertiary alicyclic amines) is 1. The van der Waals surface area contributed by atoms with E-state index in [0.717, 1.165) is 17.7 Å². The van der Waals surface area contributed by atoms with E-state index in [1.807, 2.05) is 0 Å². The van der Waals surface area contributed by atoms with E-state index in [0.29, 0.717) is 30.8 Å². The summed E-state index contributed by atoms with van der Waals surface area (Å²) in [6.45, 7) is 2.67. The molecule has 1 N–H and O–H groups in total. The maximum Gasteiger partial charge on any atom is 0.337 e. The van der Waals surface area contributed by atoms with Crippen molar-refractivity contribution in [1.82, 2.24) is 15.4 Å². The van der Waals surface area contributed by atoms with Crippen molar-refractivity contribution in [2.75, 3.05) is 13.7 Å². The van der Waals surface area contributed by atoms with E-state index in [-0.39, 0.29) is 18.2 Å². The molecule has 0 bridgehead atoms. The van der Waals surface area contributed by atoms with Crippen molar-refractivity contribution in [3.63, 3.8) is 0 Å². The lowest BCUT2D eigenvalue weighted by Gasteiger charge is -2.23. The summed E-state index contributed by atoms with van der Waals surface area (Å²) in [6.07, 6.45) is 1.51. The van der Waals surface area contributed by atoms with E-state index in [1.54, 1.807) is 42.2 Å². The average molecular weight is 385 g/mol. The molecular formula is C20H23N3O5. The minimum absolute atomic E-state index is 0.0968. The van der Waals surface area contributed by atoms with Crippen LogP contribution in [0, 0.1) is 6.92 Å². The third-order valence-corrected chi connectivity index (χ3v) is 4.72. The van der Waals surface area contributed by atoms with E-state index in [2.05, 4.69) is 15.2 Å². The Kier molecular flexibility index (Phi) is 6.08. The Balaban J connectivity index is 1.55. The molecule has 148 valence electrons. The van der Waals surface area contributed by atoms with Gasteiger partial charge in [0, 0.05) is 19.2 Å². The second kappa shape index (κ2) is 8.69.